The van der Waals surface area contributed by atoms with Gasteiger partial charge >= 0.3 is 0 Å². The number of rotatable bonds is 7. The molecular formula is C16H24ClNO. The smallest absolute Gasteiger partial charge is 0.0462 e. The molecule has 1 unspecified atom stereocenters. The van der Waals surface area contributed by atoms with E-state index in [2.05, 4.69) is 12.1 Å². The Hall–Kier alpha value is -0.570. The highest BCUT2D eigenvalue weighted by Gasteiger charge is 2.43. The number of hydrogen-bond acceptors (Lipinski definition) is 2. The number of unbranched alkanes of at least 4 members (excludes halogenated alkanes) is 1. The number of nitrogens with two attached hydrogens (primary N) is 1. The van der Waals surface area contributed by atoms with E-state index in [1.165, 1.54) is 24.8 Å². The van der Waals surface area contributed by atoms with Crippen molar-refractivity contribution in [2.45, 2.75) is 50.0 Å². The summed E-state index contributed by atoms with van der Waals surface area (Å²) in [5, 5.41) is 0.798. The highest BCUT2D eigenvalue weighted by molar-refractivity contribution is 6.30. The number of ether oxygens (including phenoxy) is 1. The first-order chi connectivity index (χ1) is 9.19. The van der Waals surface area contributed by atoms with Crippen LogP contribution in [0.3, 0.4) is 0 Å². The maximum absolute atomic E-state index is 6.49. The van der Waals surface area contributed by atoms with Gasteiger partial charge in [-0.2, -0.15) is 0 Å². The molecule has 0 heterocycles. The number of methoxy groups -OCH3 is 1. The molecule has 0 radical (unpaired) electrons. The van der Waals surface area contributed by atoms with Crippen molar-refractivity contribution in [2.75, 3.05) is 13.7 Å². The molecule has 1 fully saturated rings. The largest absolute Gasteiger partial charge is 0.385 e. The molecule has 3 heteroatoms. The molecule has 106 valence electrons. The van der Waals surface area contributed by atoms with Gasteiger partial charge in [-0.25, -0.2) is 0 Å². The van der Waals surface area contributed by atoms with Gasteiger partial charge in [-0.05, 0) is 49.8 Å². The van der Waals surface area contributed by atoms with Crippen LogP contribution in [-0.4, -0.2) is 19.8 Å². The molecule has 19 heavy (non-hydrogen) atoms. The summed E-state index contributed by atoms with van der Waals surface area (Å²) >= 11 is 5.98. The summed E-state index contributed by atoms with van der Waals surface area (Å²) in [6.45, 7) is 0.834. The van der Waals surface area contributed by atoms with E-state index in [1.54, 1.807) is 7.11 Å². The summed E-state index contributed by atoms with van der Waals surface area (Å²) in [6, 6.07) is 8.51. The molecule has 1 atom stereocenters. The van der Waals surface area contributed by atoms with Gasteiger partial charge in [-0.3, -0.25) is 0 Å². The predicted molar refractivity (Wildman–Crippen MR) is 80.7 cm³/mol. The third-order valence-electron chi connectivity index (χ3n) is 4.49. The number of halogens is 1. The van der Waals surface area contributed by atoms with Gasteiger partial charge in [0, 0.05) is 30.2 Å². The van der Waals surface area contributed by atoms with Gasteiger partial charge in [-0.15, -0.1) is 0 Å². The molecule has 1 saturated carbocycles. The minimum absolute atomic E-state index is 0.192. The van der Waals surface area contributed by atoms with Crippen LogP contribution in [0.25, 0.3) is 0 Å². The fourth-order valence-corrected chi connectivity index (χ4v) is 3.23. The molecule has 0 saturated heterocycles. The average Bonchev–Trinajstić information content (AvgIpc) is 2.36. The average molecular weight is 282 g/mol. The number of benzene rings is 1. The molecule has 0 aromatic heterocycles. The Morgan fingerprint density at radius 1 is 1.26 bits per heavy atom. The monoisotopic (exact) mass is 281 g/mol. The molecule has 1 aromatic carbocycles. The molecule has 2 rings (SSSR count). The summed E-state index contributed by atoms with van der Waals surface area (Å²) < 4.78 is 5.09. The van der Waals surface area contributed by atoms with Crippen molar-refractivity contribution in [3.63, 3.8) is 0 Å². The van der Waals surface area contributed by atoms with Crippen LogP contribution in [0, 0.1) is 0 Å². The quantitative estimate of drug-likeness (QED) is 0.769. The van der Waals surface area contributed by atoms with Crippen LogP contribution in [0.1, 0.15) is 44.1 Å². The summed E-state index contributed by atoms with van der Waals surface area (Å²) in [4.78, 5) is 0. The second kappa shape index (κ2) is 6.74. The molecule has 1 aliphatic carbocycles. The second-order valence-corrected chi connectivity index (χ2v) is 6.05. The predicted octanol–water partition coefficient (Wildman–Crippen LogP) is 3.91. The maximum atomic E-state index is 6.49. The van der Waals surface area contributed by atoms with Crippen molar-refractivity contribution in [3.05, 3.63) is 34.9 Å². The van der Waals surface area contributed by atoms with Crippen LogP contribution in [0.2, 0.25) is 5.02 Å². The summed E-state index contributed by atoms with van der Waals surface area (Å²) in [7, 11) is 1.75. The highest BCUT2D eigenvalue weighted by atomic mass is 35.5. The van der Waals surface area contributed by atoms with Crippen LogP contribution >= 0.6 is 11.6 Å². The van der Waals surface area contributed by atoms with Crippen molar-refractivity contribution >= 4 is 11.6 Å². The molecule has 1 aromatic rings. The van der Waals surface area contributed by atoms with Crippen LogP contribution in [-0.2, 0) is 10.2 Å². The van der Waals surface area contributed by atoms with Crippen LogP contribution in [0.4, 0.5) is 0 Å². The van der Waals surface area contributed by atoms with E-state index in [-0.39, 0.29) is 11.5 Å². The minimum Gasteiger partial charge on any atom is -0.385 e. The molecule has 1 aliphatic rings. The van der Waals surface area contributed by atoms with Gasteiger partial charge in [-0.1, -0.05) is 30.2 Å². The van der Waals surface area contributed by atoms with Crippen molar-refractivity contribution < 1.29 is 4.74 Å². The topological polar surface area (TPSA) is 35.2 Å². The lowest BCUT2D eigenvalue weighted by Crippen LogP contribution is -2.50. The van der Waals surface area contributed by atoms with E-state index in [0.29, 0.717) is 0 Å². The van der Waals surface area contributed by atoms with E-state index in [0.717, 1.165) is 30.9 Å². The Kier molecular flexibility index (Phi) is 5.26. The van der Waals surface area contributed by atoms with E-state index in [4.69, 9.17) is 22.1 Å². The van der Waals surface area contributed by atoms with Gasteiger partial charge in [0.25, 0.3) is 0 Å². The molecule has 2 N–H and O–H groups in total. The van der Waals surface area contributed by atoms with Gasteiger partial charge in [0.1, 0.15) is 0 Å². The lowest BCUT2D eigenvalue weighted by atomic mass is 9.59. The van der Waals surface area contributed by atoms with Crippen molar-refractivity contribution in [1.82, 2.24) is 0 Å². The van der Waals surface area contributed by atoms with Crippen LogP contribution in [0.15, 0.2) is 24.3 Å². The fourth-order valence-electron chi connectivity index (χ4n) is 3.10. The summed E-state index contributed by atoms with van der Waals surface area (Å²) in [5.41, 5.74) is 8.05. The zero-order valence-electron chi connectivity index (χ0n) is 11.7. The highest BCUT2D eigenvalue weighted by Crippen LogP contribution is 2.47. The minimum atomic E-state index is 0.192. The Morgan fingerprint density at radius 3 is 2.47 bits per heavy atom. The summed E-state index contributed by atoms with van der Waals surface area (Å²) in [5.74, 6) is 0. The molecular weight excluding hydrogens is 258 g/mol. The van der Waals surface area contributed by atoms with Gasteiger partial charge in [0.15, 0.2) is 0 Å². The third kappa shape index (κ3) is 3.31. The molecule has 0 aliphatic heterocycles. The van der Waals surface area contributed by atoms with Gasteiger partial charge < -0.3 is 10.5 Å². The zero-order chi connectivity index (χ0) is 13.7. The Bertz CT molecular complexity index is 386. The Morgan fingerprint density at radius 2 is 1.95 bits per heavy atom. The standard InChI is InChI=1S/C16H24ClNO/c1-19-12-3-2-5-15(18)16(10-4-11-16)13-6-8-14(17)9-7-13/h6-9,15H,2-5,10-12,18H2,1H3. The normalized spacial score (nSPS) is 18.9. The van der Waals surface area contributed by atoms with E-state index < -0.39 is 0 Å². The third-order valence-corrected chi connectivity index (χ3v) is 4.74. The molecule has 0 bridgehead atoms. The first-order valence-corrected chi connectivity index (χ1v) is 7.57. The lowest BCUT2D eigenvalue weighted by Gasteiger charge is -2.47. The van der Waals surface area contributed by atoms with Gasteiger partial charge in [0.05, 0.1) is 0 Å². The van der Waals surface area contributed by atoms with Crippen molar-refractivity contribution in [1.29, 1.82) is 0 Å². The van der Waals surface area contributed by atoms with Crippen LogP contribution in [0.5, 0.6) is 0 Å². The van der Waals surface area contributed by atoms with E-state index in [1.807, 2.05) is 12.1 Å². The van der Waals surface area contributed by atoms with Gasteiger partial charge in [0.2, 0.25) is 0 Å². The molecule has 0 amide bonds. The Labute approximate surface area is 121 Å². The zero-order valence-corrected chi connectivity index (χ0v) is 12.5. The Balaban J connectivity index is 1.99. The summed E-state index contributed by atoms with van der Waals surface area (Å²) in [6.07, 6.45) is 7.02. The first kappa shape index (κ1) is 14.8. The SMILES string of the molecule is COCCCCC(N)C1(c2ccc(Cl)cc2)CCC1. The molecule has 0 spiro atoms. The number of hydrogen-bond donors (Lipinski definition) is 1. The second-order valence-electron chi connectivity index (χ2n) is 5.61. The maximum Gasteiger partial charge on any atom is 0.0462 e. The first-order valence-electron chi connectivity index (χ1n) is 7.19. The van der Waals surface area contributed by atoms with E-state index >= 15 is 0 Å². The molecule has 2 nitrogen and oxygen atoms in total. The van der Waals surface area contributed by atoms with Crippen molar-refractivity contribution in [2.24, 2.45) is 5.73 Å². The fraction of sp³-hybridized carbons (Fsp3) is 0.625. The lowest BCUT2D eigenvalue weighted by molar-refractivity contribution is 0.171. The van der Waals surface area contributed by atoms with E-state index in [9.17, 15) is 0 Å². The van der Waals surface area contributed by atoms with Crippen molar-refractivity contribution in [3.8, 4) is 0 Å². The van der Waals surface area contributed by atoms with Crippen LogP contribution < -0.4 is 5.73 Å².